The minimum atomic E-state index is 0.957. The Morgan fingerprint density at radius 2 is 1.83 bits per heavy atom. The molecule has 0 bridgehead atoms. The lowest BCUT2D eigenvalue weighted by molar-refractivity contribution is 0.178. The van der Waals surface area contributed by atoms with Crippen LogP contribution in [-0.2, 0) is 0 Å². The fourth-order valence-corrected chi connectivity index (χ4v) is 2.22. The highest BCUT2D eigenvalue weighted by Gasteiger charge is 2.30. The average molecular weight is 170 g/mol. The van der Waals surface area contributed by atoms with Crippen molar-refractivity contribution in [1.29, 1.82) is 0 Å². The molecule has 2 heteroatoms. The van der Waals surface area contributed by atoms with Crippen LogP contribution in [0.1, 0.15) is 20.3 Å². The molecular formula is C10H22N2. The quantitative estimate of drug-likeness (QED) is 0.587. The highest BCUT2D eigenvalue weighted by atomic mass is 15.1. The van der Waals surface area contributed by atoms with Crippen LogP contribution in [0.15, 0.2) is 0 Å². The van der Waals surface area contributed by atoms with E-state index in [1.165, 1.54) is 32.6 Å². The van der Waals surface area contributed by atoms with Gasteiger partial charge in [0.2, 0.25) is 0 Å². The maximum atomic E-state index is 3.46. The lowest BCUT2D eigenvalue weighted by atomic mass is 9.89. The summed E-state index contributed by atoms with van der Waals surface area (Å²) in [5.41, 5.74) is 0. The molecule has 12 heavy (non-hydrogen) atoms. The second-order valence-corrected chi connectivity index (χ2v) is 3.73. The van der Waals surface area contributed by atoms with E-state index in [9.17, 15) is 0 Å². The first kappa shape index (κ1) is 10.0. The summed E-state index contributed by atoms with van der Waals surface area (Å²) in [4.78, 5) is 2.45. The smallest absolute Gasteiger partial charge is 0.00219 e. The Balaban J connectivity index is 0.000000336. The zero-order chi connectivity index (χ0) is 8.97. The maximum Gasteiger partial charge on any atom is 0.00219 e. The zero-order valence-electron chi connectivity index (χ0n) is 8.64. The molecule has 2 atom stereocenters. The topological polar surface area (TPSA) is 15.3 Å². The van der Waals surface area contributed by atoms with Crippen LogP contribution in [0.3, 0.4) is 0 Å². The van der Waals surface area contributed by atoms with Gasteiger partial charge in [0, 0.05) is 6.54 Å². The monoisotopic (exact) mass is 170 g/mol. The van der Waals surface area contributed by atoms with Gasteiger partial charge in [0.1, 0.15) is 0 Å². The summed E-state index contributed by atoms with van der Waals surface area (Å²) in [6.07, 6.45) is 1.41. The molecule has 2 heterocycles. The molecule has 2 aliphatic heterocycles. The molecule has 0 amide bonds. The van der Waals surface area contributed by atoms with E-state index in [-0.39, 0.29) is 0 Å². The number of likely N-dealkylation sites (tertiary alicyclic amines) is 1. The maximum absolute atomic E-state index is 3.46. The van der Waals surface area contributed by atoms with Crippen LogP contribution in [0.2, 0.25) is 0 Å². The molecule has 0 aliphatic carbocycles. The molecule has 72 valence electrons. The molecule has 0 aromatic heterocycles. The van der Waals surface area contributed by atoms with Crippen molar-refractivity contribution < 1.29 is 0 Å². The van der Waals surface area contributed by atoms with E-state index in [2.05, 4.69) is 17.3 Å². The zero-order valence-corrected chi connectivity index (χ0v) is 8.64. The fourth-order valence-electron chi connectivity index (χ4n) is 2.22. The van der Waals surface area contributed by atoms with E-state index >= 15 is 0 Å². The molecule has 1 N–H and O–H groups in total. The molecule has 2 aliphatic rings. The Bertz CT molecular complexity index is 125. The minimum Gasteiger partial charge on any atom is -0.316 e. The van der Waals surface area contributed by atoms with Gasteiger partial charge in [-0.3, -0.25) is 0 Å². The van der Waals surface area contributed by atoms with Crippen molar-refractivity contribution in [3.8, 4) is 0 Å². The second-order valence-electron chi connectivity index (χ2n) is 3.73. The summed E-state index contributed by atoms with van der Waals surface area (Å²) in [6.45, 7) is 9.16. The van der Waals surface area contributed by atoms with E-state index in [0.29, 0.717) is 0 Å². The van der Waals surface area contributed by atoms with Crippen molar-refractivity contribution in [2.75, 3.05) is 33.2 Å². The first-order chi connectivity index (χ1) is 5.86. The van der Waals surface area contributed by atoms with Gasteiger partial charge in [-0.2, -0.15) is 0 Å². The van der Waals surface area contributed by atoms with Crippen LogP contribution in [0.5, 0.6) is 0 Å². The minimum absolute atomic E-state index is 0.957. The number of nitrogens with zero attached hydrogens (tertiary/aromatic N) is 1. The highest BCUT2D eigenvalue weighted by Crippen LogP contribution is 2.25. The van der Waals surface area contributed by atoms with Gasteiger partial charge in [-0.15, -0.1) is 0 Å². The third-order valence-corrected chi connectivity index (χ3v) is 2.91. The molecule has 2 fully saturated rings. The van der Waals surface area contributed by atoms with Crippen molar-refractivity contribution in [3.05, 3.63) is 0 Å². The normalized spacial score (nSPS) is 35.2. The molecule has 0 spiro atoms. The molecule has 0 saturated carbocycles. The van der Waals surface area contributed by atoms with E-state index in [0.717, 1.165) is 11.8 Å². The average Bonchev–Trinajstić information content (AvgIpc) is 2.54. The van der Waals surface area contributed by atoms with Crippen LogP contribution in [-0.4, -0.2) is 38.1 Å². The van der Waals surface area contributed by atoms with Crippen LogP contribution >= 0.6 is 0 Å². The Morgan fingerprint density at radius 3 is 2.58 bits per heavy atom. The summed E-state index contributed by atoms with van der Waals surface area (Å²) >= 11 is 0. The number of rotatable bonds is 0. The predicted molar refractivity (Wildman–Crippen MR) is 53.3 cm³/mol. The van der Waals surface area contributed by atoms with E-state index < -0.39 is 0 Å². The molecular weight excluding hydrogens is 148 g/mol. The predicted octanol–water partition coefficient (Wildman–Crippen LogP) is 1.18. The standard InChI is InChI=1S/C8H16N2.C2H6/c1-10-3-2-7-4-9-5-8(7)6-10;1-2/h7-9H,2-6H2,1H3;1-2H3. The van der Waals surface area contributed by atoms with E-state index in [1.807, 2.05) is 13.8 Å². The molecule has 0 aromatic carbocycles. The third kappa shape index (κ3) is 2.20. The van der Waals surface area contributed by atoms with Crippen LogP contribution in [0.4, 0.5) is 0 Å². The summed E-state index contributed by atoms with van der Waals surface area (Å²) in [5.74, 6) is 1.95. The Labute approximate surface area is 76.3 Å². The SMILES string of the molecule is CC.CN1CCC2CNCC2C1. The van der Waals surface area contributed by atoms with Gasteiger partial charge in [-0.25, -0.2) is 0 Å². The van der Waals surface area contributed by atoms with Crippen molar-refractivity contribution in [2.24, 2.45) is 11.8 Å². The van der Waals surface area contributed by atoms with Gasteiger partial charge in [0.05, 0.1) is 0 Å². The van der Waals surface area contributed by atoms with E-state index in [4.69, 9.17) is 0 Å². The van der Waals surface area contributed by atoms with Gasteiger partial charge >= 0.3 is 0 Å². The number of hydrogen-bond donors (Lipinski definition) is 1. The van der Waals surface area contributed by atoms with Crippen molar-refractivity contribution >= 4 is 0 Å². The largest absolute Gasteiger partial charge is 0.316 e. The first-order valence-electron chi connectivity index (χ1n) is 5.25. The number of fused-ring (bicyclic) bond motifs is 1. The number of nitrogens with one attached hydrogen (secondary N) is 1. The fraction of sp³-hybridized carbons (Fsp3) is 1.00. The van der Waals surface area contributed by atoms with Gasteiger partial charge in [-0.05, 0) is 44.9 Å². The van der Waals surface area contributed by atoms with Crippen LogP contribution in [0.25, 0.3) is 0 Å². The molecule has 2 rings (SSSR count). The summed E-state index contributed by atoms with van der Waals surface area (Å²) in [5, 5.41) is 3.46. The van der Waals surface area contributed by atoms with Crippen molar-refractivity contribution in [1.82, 2.24) is 10.2 Å². The number of piperidine rings is 1. The summed E-state index contributed by atoms with van der Waals surface area (Å²) < 4.78 is 0. The lowest BCUT2D eigenvalue weighted by Crippen LogP contribution is -2.37. The molecule has 0 radical (unpaired) electrons. The molecule has 2 unspecified atom stereocenters. The lowest BCUT2D eigenvalue weighted by Gasteiger charge is -2.31. The summed E-state index contributed by atoms with van der Waals surface area (Å²) in [6, 6.07) is 0. The highest BCUT2D eigenvalue weighted by molar-refractivity contribution is 4.86. The van der Waals surface area contributed by atoms with Gasteiger partial charge in [-0.1, -0.05) is 13.8 Å². The van der Waals surface area contributed by atoms with Gasteiger partial charge in [0.15, 0.2) is 0 Å². The van der Waals surface area contributed by atoms with Gasteiger partial charge < -0.3 is 10.2 Å². The van der Waals surface area contributed by atoms with Crippen LogP contribution < -0.4 is 5.32 Å². The second kappa shape index (κ2) is 4.83. The Morgan fingerprint density at radius 1 is 1.17 bits per heavy atom. The van der Waals surface area contributed by atoms with Crippen LogP contribution in [0, 0.1) is 11.8 Å². The molecule has 0 aromatic rings. The first-order valence-corrected chi connectivity index (χ1v) is 5.25. The Hall–Kier alpha value is -0.0800. The van der Waals surface area contributed by atoms with Crippen molar-refractivity contribution in [3.63, 3.8) is 0 Å². The Kier molecular flexibility index (Phi) is 4.02. The molecule has 2 saturated heterocycles. The van der Waals surface area contributed by atoms with Gasteiger partial charge in [0.25, 0.3) is 0 Å². The summed E-state index contributed by atoms with van der Waals surface area (Å²) in [7, 11) is 2.23. The third-order valence-electron chi connectivity index (χ3n) is 2.91. The van der Waals surface area contributed by atoms with Crippen molar-refractivity contribution in [2.45, 2.75) is 20.3 Å². The number of hydrogen-bond acceptors (Lipinski definition) is 2. The molecule has 2 nitrogen and oxygen atoms in total. The van der Waals surface area contributed by atoms with E-state index in [1.54, 1.807) is 0 Å².